The van der Waals surface area contributed by atoms with Crippen LogP contribution in [0.3, 0.4) is 0 Å². The van der Waals surface area contributed by atoms with E-state index >= 15 is 0 Å². The van der Waals surface area contributed by atoms with Gasteiger partial charge in [0.15, 0.2) is 11.9 Å². The molecule has 0 saturated heterocycles. The number of carbonyl (C=O) groups is 2. The van der Waals surface area contributed by atoms with Gasteiger partial charge in [0.1, 0.15) is 17.7 Å². The average Bonchev–Trinajstić information content (AvgIpc) is 3.22. The summed E-state index contributed by atoms with van der Waals surface area (Å²) in [5.74, 6) is -3.10. The van der Waals surface area contributed by atoms with Crippen molar-refractivity contribution < 1.29 is 23.5 Å². The van der Waals surface area contributed by atoms with Gasteiger partial charge in [-0.2, -0.15) is 5.10 Å². The van der Waals surface area contributed by atoms with Gasteiger partial charge in [0.05, 0.1) is 0 Å². The van der Waals surface area contributed by atoms with E-state index in [4.69, 9.17) is 0 Å². The van der Waals surface area contributed by atoms with E-state index in [2.05, 4.69) is 34.7 Å². The zero-order chi connectivity index (χ0) is 24.2. The Balaban J connectivity index is 1.59. The highest BCUT2D eigenvalue weighted by Gasteiger charge is 2.26. The lowest BCUT2D eigenvalue weighted by Crippen LogP contribution is -2.43. The van der Waals surface area contributed by atoms with Gasteiger partial charge in [-0.3, -0.25) is 14.7 Å². The predicted octanol–water partition coefficient (Wildman–Crippen LogP) is 3.39. The molecule has 2 amide bonds. The summed E-state index contributed by atoms with van der Waals surface area (Å²) in [6.45, 7) is 5.52. The molecule has 4 N–H and O–H groups in total. The number of hydrogen-bond acceptors (Lipinski definition) is 4. The first-order valence-corrected chi connectivity index (χ1v) is 10.4. The molecule has 0 radical (unpaired) electrons. The molecule has 3 rings (SSSR count). The third kappa shape index (κ3) is 6.23. The molecule has 0 aliphatic heterocycles. The molecule has 0 aliphatic carbocycles. The normalized spacial score (nSPS) is 13.3. The minimum Gasteiger partial charge on any atom is -0.378 e. The van der Waals surface area contributed by atoms with Crippen molar-refractivity contribution in [2.24, 2.45) is 0 Å². The third-order valence-electron chi connectivity index (χ3n) is 5.25. The van der Waals surface area contributed by atoms with Gasteiger partial charge in [-0.15, -0.1) is 0 Å². The Labute approximate surface area is 190 Å². The third-order valence-corrected chi connectivity index (χ3v) is 5.25. The van der Waals surface area contributed by atoms with E-state index in [0.717, 1.165) is 29.8 Å². The molecule has 2 aromatic carbocycles. The molecule has 1 aromatic heterocycles. The van der Waals surface area contributed by atoms with E-state index in [9.17, 15) is 23.5 Å². The van der Waals surface area contributed by atoms with E-state index in [1.807, 2.05) is 30.3 Å². The highest BCUT2D eigenvalue weighted by atomic mass is 19.1. The van der Waals surface area contributed by atoms with Crippen LogP contribution in [0.15, 0.2) is 54.6 Å². The monoisotopic (exact) mass is 456 g/mol. The number of hydrogen-bond donors (Lipinski definition) is 4. The van der Waals surface area contributed by atoms with Crippen molar-refractivity contribution in [3.63, 3.8) is 0 Å². The Morgan fingerprint density at radius 1 is 1.06 bits per heavy atom. The van der Waals surface area contributed by atoms with E-state index in [1.54, 1.807) is 6.07 Å². The van der Waals surface area contributed by atoms with Gasteiger partial charge in [0, 0.05) is 23.2 Å². The predicted molar refractivity (Wildman–Crippen MR) is 119 cm³/mol. The summed E-state index contributed by atoms with van der Waals surface area (Å²) < 4.78 is 26.7. The van der Waals surface area contributed by atoms with Crippen LogP contribution in [-0.4, -0.2) is 33.2 Å². The first-order chi connectivity index (χ1) is 15.5. The van der Waals surface area contributed by atoms with Gasteiger partial charge < -0.3 is 15.7 Å². The van der Waals surface area contributed by atoms with E-state index in [-0.39, 0.29) is 16.8 Å². The summed E-state index contributed by atoms with van der Waals surface area (Å²) in [5.41, 5.74) is 1.45. The number of rotatable bonds is 8. The molecule has 0 unspecified atom stereocenters. The molecule has 33 heavy (non-hydrogen) atoms. The SMILES string of the molecule is C[C@H](NC(=O)[C@H](O)c1cc(F)cc(F)c1)C(=O)Nc1cc(C(C)(C)Cc2ccccc2)[nH]n1. The van der Waals surface area contributed by atoms with Crippen molar-refractivity contribution in [3.8, 4) is 0 Å². The van der Waals surface area contributed by atoms with Crippen molar-refractivity contribution in [1.82, 2.24) is 15.5 Å². The number of aromatic nitrogens is 2. The lowest BCUT2D eigenvalue weighted by atomic mass is 9.83. The van der Waals surface area contributed by atoms with Crippen LogP contribution in [0.4, 0.5) is 14.6 Å². The molecule has 0 saturated carbocycles. The van der Waals surface area contributed by atoms with Crippen molar-refractivity contribution in [1.29, 1.82) is 0 Å². The van der Waals surface area contributed by atoms with Crippen LogP contribution < -0.4 is 10.6 Å². The number of anilines is 1. The van der Waals surface area contributed by atoms with Crippen molar-refractivity contribution >= 4 is 17.6 Å². The number of carbonyl (C=O) groups excluding carboxylic acids is 2. The number of H-pyrrole nitrogens is 1. The lowest BCUT2D eigenvalue weighted by molar-refractivity contribution is -0.132. The van der Waals surface area contributed by atoms with E-state index in [0.29, 0.717) is 6.07 Å². The van der Waals surface area contributed by atoms with Crippen LogP contribution in [0.25, 0.3) is 0 Å². The molecule has 3 aromatic rings. The van der Waals surface area contributed by atoms with Crippen LogP contribution in [0.2, 0.25) is 0 Å². The first-order valence-electron chi connectivity index (χ1n) is 10.4. The number of aliphatic hydroxyl groups excluding tert-OH is 1. The molecule has 9 heteroatoms. The zero-order valence-corrected chi connectivity index (χ0v) is 18.5. The summed E-state index contributed by atoms with van der Waals surface area (Å²) in [4.78, 5) is 24.7. The maximum atomic E-state index is 13.3. The molecule has 2 atom stereocenters. The van der Waals surface area contributed by atoms with Crippen molar-refractivity contribution in [2.45, 2.75) is 44.8 Å². The summed E-state index contributed by atoms with van der Waals surface area (Å²) in [7, 11) is 0. The van der Waals surface area contributed by atoms with Crippen LogP contribution in [0.5, 0.6) is 0 Å². The molecule has 0 aliphatic rings. The fourth-order valence-electron chi connectivity index (χ4n) is 3.41. The van der Waals surface area contributed by atoms with Crippen LogP contribution in [-0.2, 0) is 21.4 Å². The van der Waals surface area contributed by atoms with Crippen LogP contribution in [0.1, 0.15) is 43.7 Å². The summed E-state index contributed by atoms with van der Waals surface area (Å²) in [5, 5.41) is 22.1. The van der Waals surface area contributed by atoms with Crippen LogP contribution >= 0.6 is 0 Å². The molecule has 0 fully saturated rings. The molecular weight excluding hydrogens is 430 g/mol. The molecule has 1 heterocycles. The fourth-order valence-corrected chi connectivity index (χ4v) is 3.41. The number of amides is 2. The topological polar surface area (TPSA) is 107 Å². The Morgan fingerprint density at radius 2 is 1.70 bits per heavy atom. The van der Waals surface area contributed by atoms with E-state index in [1.165, 1.54) is 6.92 Å². The fraction of sp³-hybridized carbons (Fsp3) is 0.292. The summed E-state index contributed by atoms with van der Waals surface area (Å²) in [6.07, 6.45) is -1.07. The highest BCUT2D eigenvalue weighted by Crippen LogP contribution is 2.27. The van der Waals surface area contributed by atoms with Crippen molar-refractivity contribution in [3.05, 3.63) is 83.1 Å². The van der Waals surface area contributed by atoms with Gasteiger partial charge in [-0.25, -0.2) is 8.78 Å². The van der Waals surface area contributed by atoms with Gasteiger partial charge in [0.25, 0.3) is 5.91 Å². The number of benzene rings is 2. The maximum Gasteiger partial charge on any atom is 0.254 e. The number of nitrogens with one attached hydrogen (secondary N) is 3. The zero-order valence-electron chi connectivity index (χ0n) is 18.5. The number of halogens is 2. The van der Waals surface area contributed by atoms with Gasteiger partial charge in [-0.05, 0) is 36.6 Å². The lowest BCUT2D eigenvalue weighted by Gasteiger charge is -2.23. The van der Waals surface area contributed by atoms with Gasteiger partial charge >= 0.3 is 0 Å². The Morgan fingerprint density at radius 3 is 2.33 bits per heavy atom. The first kappa shape index (κ1) is 24.1. The minimum atomic E-state index is -1.83. The van der Waals surface area contributed by atoms with Crippen LogP contribution in [0, 0.1) is 11.6 Å². The average molecular weight is 456 g/mol. The van der Waals surface area contributed by atoms with E-state index < -0.39 is 35.6 Å². The summed E-state index contributed by atoms with van der Waals surface area (Å²) in [6, 6.07) is 13.0. The summed E-state index contributed by atoms with van der Waals surface area (Å²) >= 11 is 0. The van der Waals surface area contributed by atoms with Gasteiger partial charge in [-0.1, -0.05) is 44.2 Å². The smallest absolute Gasteiger partial charge is 0.254 e. The quantitative estimate of drug-likeness (QED) is 0.417. The largest absolute Gasteiger partial charge is 0.378 e. The number of aliphatic hydroxyl groups is 1. The second-order valence-corrected chi connectivity index (χ2v) is 8.54. The molecule has 7 nitrogen and oxygen atoms in total. The number of aromatic amines is 1. The second-order valence-electron chi connectivity index (χ2n) is 8.54. The van der Waals surface area contributed by atoms with Crippen molar-refractivity contribution in [2.75, 3.05) is 5.32 Å². The minimum absolute atomic E-state index is 0.254. The molecule has 0 spiro atoms. The molecular formula is C24H26F2N4O3. The Kier molecular flexibility index (Phi) is 7.23. The maximum absolute atomic E-state index is 13.3. The Hall–Kier alpha value is -3.59. The highest BCUT2D eigenvalue weighted by molar-refractivity contribution is 5.97. The standard InChI is InChI=1S/C24H26F2N4O3/c1-14(27-23(33)21(31)16-9-17(25)11-18(26)10-16)22(32)28-20-12-19(29-30-20)24(2,3)13-15-7-5-4-6-8-15/h4-12,14,21,31H,13H2,1-3H3,(H,27,33)(H2,28,29,30,32)/t14-,21+/m0/s1. The molecule has 0 bridgehead atoms. The second kappa shape index (κ2) is 9.91. The Bertz CT molecular complexity index is 1110. The molecule has 174 valence electrons. The number of nitrogens with zero attached hydrogens (tertiary/aromatic N) is 1. The van der Waals surface area contributed by atoms with Gasteiger partial charge in [0.2, 0.25) is 5.91 Å².